The number of amides is 2. The molecule has 1 fully saturated rings. The monoisotopic (exact) mass is 390 g/mol. The summed E-state index contributed by atoms with van der Waals surface area (Å²) in [5.74, 6) is -1.28. The first-order chi connectivity index (χ1) is 13.1. The Morgan fingerprint density at radius 2 is 1.68 bits per heavy atom. The summed E-state index contributed by atoms with van der Waals surface area (Å²) in [6.07, 6.45) is -0.0975. The minimum absolute atomic E-state index is 0.00141. The van der Waals surface area contributed by atoms with Crippen LogP contribution < -0.4 is 5.32 Å². The fraction of sp³-hybridized carbons (Fsp3) is 0.571. The summed E-state index contributed by atoms with van der Waals surface area (Å²) in [6, 6.07) is 7.25. The highest BCUT2D eigenvalue weighted by molar-refractivity contribution is 5.96. The number of hydrogen-bond acceptors (Lipinski definition) is 5. The normalized spacial score (nSPS) is 19.8. The average molecular weight is 390 g/mol. The third kappa shape index (κ3) is 6.34. The van der Waals surface area contributed by atoms with Crippen molar-refractivity contribution in [1.82, 2.24) is 10.2 Å². The molecule has 0 saturated carbocycles. The quantitative estimate of drug-likeness (QED) is 0.776. The molecule has 0 spiro atoms. The lowest BCUT2D eigenvalue weighted by molar-refractivity contribution is -0.156. The van der Waals surface area contributed by atoms with E-state index in [9.17, 15) is 14.4 Å². The van der Waals surface area contributed by atoms with Crippen molar-refractivity contribution < 1.29 is 23.9 Å². The van der Waals surface area contributed by atoms with Gasteiger partial charge in [0.25, 0.3) is 11.8 Å². The molecule has 1 N–H and O–H groups in total. The van der Waals surface area contributed by atoms with E-state index in [-0.39, 0.29) is 42.6 Å². The maximum absolute atomic E-state index is 12.2. The topological polar surface area (TPSA) is 84.9 Å². The number of benzene rings is 1. The smallest absolute Gasteiger partial charge is 0.325 e. The van der Waals surface area contributed by atoms with Crippen LogP contribution in [0.1, 0.15) is 50.5 Å². The molecule has 1 saturated heterocycles. The molecule has 7 nitrogen and oxygen atoms in total. The second-order valence-corrected chi connectivity index (χ2v) is 8.23. The Kier molecular flexibility index (Phi) is 7.18. The molecule has 2 rings (SSSR count). The minimum atomic E-state index is -0.651. The molecule has 1 aliphatic heterocycles. The summed E-state index contributed by atoms with van der Waals surface area (Å²) in [4.78, 5) is 37.8. The largest absolute Gasteiger partial charge is 0.454 e. The van der Waals surface area contributed by atoms with Gasteiger partial charge in [0, 0.05) is 18.7 Å². The fourth-order valence-electron chi connectivity index (χ4n) is 3.04. The van der Waals surface area contributed by atoms with Crippen LogP contribution in [0.2, 0.25) is 0 Å². The maximum Gasteiger partial charge on any atom is 0.325 e. The number of ether oxygens (including phenoxy) is 2. The highest BCUT2D eigenvalue weighted by Crippen LogP contribution is 2.22. The highest BCUT2D eigenvalue weighted by atomic mass is 16.5. The second-order valence-electron chi connectivity index (χ2n) is 8.23. The number of rotatable bonds is 5. The molecule has 1 aromatic carbocycles. The molecular formula is C21H30N2O5. The summed E-state index contributed by atoms with van der Waals surface area (Å²) in [7, 11) is 0. The SMILES string of the molecule is C[C@@H]1CN(C(=O)COC(=O)CNC(=O)c2ccc(C(C)(C)C)cc2)C[C@H](C)O1. The van der Waals surface area contributed by atoms with Crippen LogP contribution in [0, 0.1) is 0 Å². The third-order valence-electron chi connectivity index (χ3n) is 4.54. The first-order valence-electron chi connectivity index (χ1n) is 9.54. The molecule has 2 atom stereocenters. The Labute approximate surface area is 166 Å². The van der Waals surface area contributed by atoms with Gasteiger partial charge in [-0.3, -0.25) is 14.4 Å². The van der Waals surface area contributed by atoms with Crippen LogP contribution in [0.4, 0.5) is 0 Å². The van der Waals surface area contributed by atoms with Gasteiger partial charge < -0.3 is 19.7 Å². The van der Waals surface area contributed by atoms with Crippen LogP contribution in [0.3, 0.4) is 0 Å². The molecule has 154 valence electrons. The molecule has 0 unspecified atom stereocenters. The third-order valence-corrected chi connectivity index (χ3v) is 4.54. The first kappa shape index (κ1) is 21.9. The molecule has 0 radical (unpaired) electrons. The molecule has 1 aliphatic rings. The van der Waals surface area contributed by atoms with E-state index in [2.05, 4.69) is 26.1 Å². The van der Waals surface area contributed by atoms with Gasteiger partial charge in [-0.25, -0.2) is 0 Å². The van der Waals surface area contributed by atoms with Gasteiger partial charge in [-0.1, -0.05) is 32.9 Å². The Morgan fingerprint density at radius 1 is 1.11 bits per heavy atom. The van der Waals surface area contributed by atoms with Crippen molar-refractivity contribution in [3.63, 3.8) is 0 Å². The summed E-state index contributed by atoms with van der Waals surface area (Å²) in [5, 5.41) is 2.52. The predicted octanol–water partition coefficient (Wildman–Crippen LogP) is 1.89. The molecule has 28 heavy (non-hydrogen) atoms. The van der Waals surface area contributed by atoms with Crippen LogP contribution in [-0.2, 0) is 24.5 Å². The van der Waals surface area contributed by atoms with Gasteiger partial charge in [-0.15, -0.1) is 0 Å². The molecule has 1 heterocycles. The van der Waals surface area contributed by atoms with E-state index in [0.29, 0.717) is 18.7 Å². The predicted molar refractivity (Wildman–Crippen MR) is 105 cm³/mol. The Bertz CT molecular complexity index is 699. The summed E-state index contributed by atoms with van der Waals surface area (Å²) < 4.78 is 10.6. The van der Waals surface area contributed by atoms with Gasteiger partial charge in [0.1, 0.15) is 6.54 Å². The Balaban J connectivity index is 1.76. The van der Waals surface area contributed by atoms with Crippen molar-refractivity contribution in [1.29, 1.82) is 0 Å². The molecule has 7 heteroatoms. The first-order valence-corrected chi connectivity index (χ1v) is 9.54. The van der Waals surface area contributed by atoms with E-state index in [4.69, 9.17) is 9.47 Å². The zero-order chi connectivity index (χ0) is 20.9. The summed E-state index contributed by atoms with van der Waals surface area (Å²) in [5.41, 5.74) is 1.59. The van der Waals surface area contributed by atoms with Gasteiger partial charge in [-0.05, 0) is 37.0 Å². The van der Waals surface area contributed by atoms with Crippen molar-refractivity contribution in [2.75, 3.05) is 26.2 Å². The highest BCUT2D eigenvalue weighted by Gasteiger charge is 2.26. The van der Waals surface area contributed by atoms with E-state index in [0.717, 1.165) is 5.56 Å². The van der Waals surface area contributed by atoms with Crippen molar-refractivity contribution in [3.05, 3.63) is 35.4 Å². The van der Waals surface area contributed by atoms with Crippen molar-refractivity contribution in [3.8, 4) is 0 Å². The van der Waals surface area contributed by atoms with Crippen LogP contribution in [-0.4, -0.2) is 61.1 Å². The average Bonchev–Trinajstić information content (AvgIpc) is 2.62. The minimum Gasteiger partial charge on any atom is -0.454 e. The van der Waals surface area contributed by atoms with Crippen molar-refractivity contribution in [2.24, 2.45) is 0 Å². The number of esters is 1. The zero-order valence-corrected chi connectivity index (χ0v) is 17.3. The fourth-order valence-corrected chi connectivity index (χ4v) is 3.04. The van der Waals surface area contributed by atoms with Crippen LogP contribution in [0.15, 0.2) is 24.3 Å². The van der Waals surface area contributed by atoms with Crippen LogP contribution >= 0.6 is 0 Å². The zero-order valence-electron chi connectivity index (χ0n) is 17.3. The molecule has 2 amide bonds. The number of nitrogens with zero attached hydrogens (tertiary/aromatic N) is 1. The van der Waals surface area contributed by atoms with E-state index in [1.807, 2.05) is 26.0 Å². The molecule has 0 bridgehead atoms. The maximum atomic E-state index is 12.2. The molecule has 0 aliphatic carbocycles. The van der Waals surface area contributed by atoms with E-state index >= 15 is 0 Å². The van der Waals surface area contributed by atoms with Crippen LogP contribution in [0.25, 0.3) is 0 Å². The van der Waals surface area contributed by atoms with E-state index < -0.39 is 5.97 Å². The van der Waals surface area contributed by atoms with Gasteiger partial charge >= 0.3 is 5.97 Å². The van der Waals surface area contributed by atoms with Crippen molar-refractivity contribution >= 4 is 17.8 Å². The standard InChI is InChI=1S/C21H30N2O5/c1-14-11-23(12-15(2)28-14)18(24)13-27-19(25)10-22-20(26)16-6-8-17(9-7-16)21(3,4)5/h6-9,14-15H,10-13H2,1-5H3,(H,22,26)/t14-,15+. The number of carbonyl (C=O) groups is 3. The molecule has 1 aromatic rings. The number of carbonyl (C=O) groups excluding carboxylic acids is 3. The Morgan fingerprint density at radius 3 is 2.21 bits per heavy atom. The summed E-state index contributed by atoms with van der Waals surface area (Å²) >= 11 is 0. The molecule has 0 aromatic heterocycles. The lowest BCUT2D eigenvalue weighted by atomic mass is 9.87. The van der Waals surface area contributed by atoms with Gasteiger partial charge in [0.05, 0.1) is 12.2 Å². The number of morpholine rings is 1. The van der Waals surface area contributed by atoms with Gasteiger partial charge in [0.15, 0.2) is 6.61 Å². The second kappa shape index (κ2) is 9.19. The van der Waals surface area contributed by atoms with Gasteiger partial charge in [-0.2, -0.15) is 0 Å². The van der Waals surface area contributed by atoms with Gasteiger partial charge in [0.2, 0.25) is 0 Å². The lowest BCUT2D eigenvalue weighted by Crippen LogP contribution is -2.49. The number of hydrogen-bond donors (Lipinski definition) is 1. The van der Waals surface area contributed by atoms with Crippen molar-refractivity contribution in [2.45, 2.75) is 52.2 Å². The van der Waals surface area contributed by atoms with Crippen LogP contribution in [0.5, 0.6) is 0 Å². The van der Waals surface area contributed by atoms with E-state index in [1.54, 1.807) is 17.0 Å². The number of nitrogens with one attached hydrogen (secondary N) is 1. The molecular weight excluding hydrogens is 360 g/mol. The lowest BCUT2D eigenvalue weighted by Gasteiger charge is -2.35. The summed E-state index contributed by atoms with van der Waals surface area (Å²) in [6.45, 7) is 10.4. The Hall–Kier alpha value is -2.41. The van der Waals surface area contributed by atoms with E-state index in [1.165, 1.54) is 0 Å².